The molecule has 2 rings (SSSR count). The molecular formula is C13H15F3N2O. The van der Waals surface area contributed by atoms with Crippen LogP contribution in [-0.2, 0) is 6.18 Å². The Hall–Kier alpha value is -1.56. The zero-order valence-electron chi connectivity index (χ0n) is 10.2. The van der Waals surface area contributed by atoms with E-state index in [9.17, 15) is 18.0 Å². The number of rotatable bonds is 2. The second kappa shape index (κ2) is 5.21. The number of alkyl halides is 3. The maximum atomic E-state index is 12.8. The van der Waals surface area contributed by atoms with E-state index in [-0.39, 0.29) is 17.6 Å². The van der Waals surface area contributed by atoms with Crippen LogP contribution in [0.15, 0.2) is 24.3 Å². The summed E-state index contributed by atoms with van der Waals surface area (Å²) in [5.74, 6) is -0.713. The maximum Gasteiger partial charge on any atom is 0.417 e. The first-order valence-corrected chi connectivity index (χ1v) is 6.12. The van der Waals surface area contributed by atoms with Gasteiger partial charge in [-0.25, -0.2) is 0 Å². The Balaban J connectivity index is 2.20. The molecule has 0 radical (unpaired) electrons. The van der Waals surface area contributed by atoms with Gasteiger partial charge in [0.1, 0.15) is 0 Å². The number of amides is 1. The van der Waals surface area contributed by atoms with Crippen molar-refractivity contribution in [3.63, 3.8) is 0 Å². The van der Waals surface area contributed by atoms with Crippen LogP contribution in [0.2, 0.25) is 0 Å². The number of nitrogens with one attached hydrogen (secondary N) is 1. The van der Waals surface area contributed by atoms with E-state index < -0.39 is 17.6 Å². The van der Waals surface area contributed by atoms with Crippen molar-refractivity contribution >= 4 is 5.91 Å². The highest BCUT2D eigenvalue weighted by atomic mass is 19.4. The van der Waals surface area contributed by atoms with E-state index in [1.54, 1.807) is 0 Å². The molecule has 1 aliphatic carbocycles. The van der Waals surface area contributed by atoms with Crippen LogP contribution in [0.5, 0.6) is 0 Å². The Morgan fingerprint density at radius 1 is 1.26 bits per heavy atom. The lowest BCUT2D eigenvalue weighted by Gasteiger charge is -2.19. The van der Waals surface area contributed by atoms with Crippen LogP contribution in [0.4, 0.5) is 13.2 Å². The maximum absolute atomic E-state index is 12.8. The van der Waals surface area contributed by atoms with E-state index in [1.807, 2.05) is 0 Å². The SMILES string of the molecule is NC1CCCC1NC(=O)c1ccccc1C(F)(F)F. The number of hydrogen-bond acceptors (Lipinski definition) is 2. The van der Waals surface area contributed by atoms with Crippen LogP contribution in [-0.4, -0.2) is 18.0 Å². The third kappa shape index (κ3) is 3.07. The highest BCUT2D eigenvalue weighted by molar-refractivity contribution is 5.96. The predicted octanol–water partition coefficient (Wildman–Crippen LogP) is 2.32. The molecule has 2 atom stereocenters. The van der Waals surface area contributed by atoms with Crippen molar-refractivity contribution < 1.29 is 18.0 Å². The third-order valence-electron chi connectivity index (χ3n) is 3.36. The van der Waals surface area contributed by atoms with E-state index >= 15 is 0 Å². The lowest BCUT2D eigenvalue weighted by molar-refractivity contribution is -0.137. The second-order valence-corrected chi connectivity index (χ2v) is 4.72. The van der Waals surface area contributed by atoms with Crippen LogP contribution < -0.4 is 11.1 Å². The van der Waals surface area contributed by atoms with E-state index in [1.165, 1.54) is 18.2 Å². The van der Waals surface area contributed by atoms with Gasteiger partial charge in [-0.15, -0.1) is 0 Å². The average molecular weight is 272 g/mol. The summed E-state index contributed by atoms with van der Waals surface area (Å²) >= 11 is 0. The standard InChI is InChI=1S/C13H15F3N2O/c14-13(15,16)9-5-2-1-4-8(9)12(19)18-11-7-3-6-10(11)17/h1-2,4-5,10-11H,3,6-7,17H2,(H,18,19). The summed E-state index contributed by atoms with van der Waals surface area (Å²) < 4.78 is 38.4. The third-order valence-corrected chi connectivity index (χ3v) is 3.36. The smallest absolute Gasteiger partial charge is 0.348 e. The molecule has 0 spiro atoms. The van der Waals surface area contributed by atoms with Gasteiger partial charge in [0.15, 0.2) is 0 Å². The van der Waals surface area contributed by atoms with Gasteiger partial charge < -0.3 is 11.1 Å². The number of carbonyl (C=O) groups excluding carboxylic acids is 1. The highest BCUT2D eigenvalue weighted by Crippen LogP contribution is 2.32. The average Bonchev–Trinajstić information content (AvgIpc) is 2.74. The molecule has 1 amide bonds. The van der Waals surface area contributed by atoms with Crippen molar-refractivity contribution in [1.82, 2.24) is 5.32 Å². The number of hydrogen-bond donors (Lipinski definition) is 2. The first-order valence-electron chi connectivity index (χ1n) is 6.12. The Bertz CT molecular complexity index is 473. The highest BCUT2D eigenvalue weighted by Gasteiger charge is 2.35. The summed E-state index contributed by atoms with van der Waals surface area (Å²) in [4.78, 5) is 11.9. The second-order valence-electron chi connectivity index (χ2n) is 4.72. The molecule has 104 valence electrons. The Kier molecular flexibility index (Phi) is 3.80. The van der Waals surface area contributed by atoms with Crippen molar-refractivity contribution in [3.8, 4) is 0 Å². The zero-order valence-corrected chi connectivity index (χ0v) is 10.2. The summed E-state index contributed by atoms with van der Waals surface area (Å²) in [6.07, 6.45) is -2.16. The molecule has 0 saturated heterocycles. The van der Waals surface area contributed by atoms with Gasteiger partial charge >= 0.3 is 6.18 Å². The molecule has 6 heteroatoms. The van der Waals surface area contributed by atoms with Crippen LogP contribution >= 0.6 is 0 Å². The van der Waals surface area contributed by atoms with Crippen molar-refractivity contribution in [1.29, 1.82) is 0 Å². The summed E-state index contributed by atoms with van der Waals surface area (Å²) in [7, 11) is 0. The molecule has 0 heterocycles. The predicted molar refractivity (Wildman–Crippen MR) is 64.5 cm³/mol. The van der Waals surface area contributed by atoms with E-state index in [0.29, 0.717) is 6.42 Å². The number of benzene rings is 1. The molecule has 1 aliphatic rings. The van der Waals surface area contributed by atoms with E-state index in [2.05, 4.69) is 5.32 Å². The first kappa shape index (κ1) is 13.9. The Morgan fingerprint density at radius 3 is 2.53 bits per heavy atom. The fourth-order valence-corrected chi connectivity index (χ4v) is 2.34. The Morgan fingerprint density at radius 2 is 1.95 bits per heavy atom. The first-order chi connectivity index (χ1) is 8.89. The molecule has 1 fully saturated rings. The molecule has 0 aliphatic heterocycles. The van der Waals surface area contributed by atoms with Crippen LogP contribution in [0.1, 0.15) is 35.2 Å². The topological polar surface area (TPSA) is 55.1 Å². The number of carbonyl (C=O) groups is 1. The fourth-order valence-electron chi connectivity index (χ4n) is 2.34. The van der Waals surface area contributed by atoms with Gasteiger partial charge in [-0.2, -0.15) is 13.2 Å². The van der Waals surface area contributed by atoms with Crippen molar-refractivity contribution in [3.05, 3.63) is 35.4 Å². The molecule has 2 unspecified atom stereocenters. The fraction of sp³-hybridized carbons (Fsp3) is 0.462. The minimum absolute atomic E-state index is 0.179. The summed E-state index contributed by atoms with van der Waals surface area (Å²) in [6.45, 7) is 0. The molecule has 1 aromatic rings. The summed E-state index contributed by atoms with van der Waals surface area (Å²) in [6, 6.07) is 4.35. The number of nitrogens with two attached hydrogens (primary N) is 1. The van der Waals surface area contributed by atoms with Gasteiger partial charge in [-0.05, 0) is 31.4 Å². The van der Waals surface area contributed by atoms with Crippen LogP contribution in [0.3, 0.4) is 0 Å². The molecular weight excluding hydrogens is 257 g/mol. The van der Waals surface area contributed by atoms with Crippen LogP contribution in [0, 0.1) is 0 Å². The molecule has 0 aromatic heterocycles. The van der Waals surface area contributed by atoms with E-state index in [0.717, 1.165) is 18.9 Å². The van der Waals surface area contributed by atoms with Crippen molar-refractivity contribution in [2.45, 2.75) is 37.5 Å². The minimum atomic E-state index is -4.54. The van der Waals surface area contributed by atoms with Gasteiger partial charge in [-0.3, -0.25) is 4.79 Å². The van der Waals surface area contributed by atoms with Gasteiger partial charge in [0, 0.05) is 12.1 Å². The van der Waals surface area contributed by atoms with Crippen molar-refractivity contribution in [2.24, 2.45) is 5.73 Å². The van der Waals surface area contributed by atoms with Crippen LogP contribution in [0.25, 0.3) is 0 Å². The summed E-state index contributed by atoms with van der Waals surface area (Å²) in [5, 5.41) is 2.59. The van der Waals surface area contributed by atoms with Crippen molar-refractivity contribution in [2.75, 3.05) is 0 Å². The minimum Gasteiger partial charge on any atom is -0.348 e. The molecule has 1 saturated carbocycles. The largest absolute Gasteiger partial charge is 0.417 e. The summed E-state index contributed by atoms with van der Waals surface area (Å²) in [5.41, 5.74) is 4.52. The van der Waals surface area contributed by atoms with E-state index in [4.69, 9.17) is 5.73 Å². The molecule has 0 bridgehead atoms. The molecule has 1 aromatic carbocycles. The normalized spacial score (nSPS) is 23.4. The lowest BCUT2D eigenvalue weighted by Crippen LogP contribution is -2.44. The van der Waals surface area contributed by atoms with Gasteiger partial charge in [0.2, 0.25) is 0 Å². The quantitative estimate of drug-likeness (QED) is 0.868. The zero-order chi connectivity index (χ0) is 14.0. The number of halogens is 3. The molecule has 3 nitrogen and oxygen atoms in total. The monoisotopic (exact) mass is 272 g/mol. The van der Waals surface area contributed by atoms with Gasteiger partial charge in [-0.1, -0.05) is 12.1 Å². The lowest BCUT2D eigenvalue weighted by atomic mass is 10.1. The van der Waals surface area contributed by atoms with Gasteiger partial charge in [0.25, 0.3) is 5.91 Å². The molecule has 19 heavy (non-hydrogen) atoms. The van der Waals surface area contributed by atoms with Gasteiger partial charge in [0.05, 0.1) is 11.1 Å². The Labute approximate surface area is 109 Å². The molecule has 3 N–H and O–H groups in total.